The van der Waals surface area contributed by atoms with E-state index in [1.807, 2.05) is 6.07 Å². The van der Waals surface area contributed by atoms with Crippen molar-refractivity contribution in [2.45, 2.75) is 51.4 Å². The average Bonchev–Trinajstić information content (AvgIpc) is 2.80. The minimum Gasteiger partial charge on any atom is -0.384 e. The van der Waals surface area contributed by atoms with Crippen molar-refractivity contribution in [3.05, 3.63) is 39.2 Å². The number of alkyl halides is 6. The average molecular weight is 446 g/mol. The molecule has 0 atom stereocenters. The Bertz CT molecular complexity index is 1000. The van der Waals surface area contributed by atoms with E-state index in [0.717, 1.165) is 58.9 Å². The number of nitrogens with two attached hydrogens (primary N) is 1. The minimum atomic E-state index is -5.83. The van der Waals surface area contributed by atoms with Crippen molar-refractivity contribution in [1.82, 2.24) is 0 Å². The SMILES string of the molecule is CC1=CC(C(F)(F)F)(C(F)(F)F)C(C#N)=C(N)N1c1sc2c(c1C#N)CCCCC2. The Kier molecular flexibility index (Phi) is 5.32. The highest BCUT2D eigenvalue weighted by molar-refractivity contribution is 7.16. The Morgan fingerprint density at radius 1 is 1.03 bits per heavy atom. The lowest BCUT2D eigenvalue weighted by Gasteiger charge is -2.41. The number of hydrogen-bond donors (Lipinski definition) is 1. The maximum atomic E-state index is 13.7. The van der Waals surface area contributed by atoms with Gasteiger partial charge in [-0.05, 0) is 44.2 Å². The summed E-state index contributed by atoms with van der Waals surface area (Å²) in [7, 11) is 0. The molecule has 1 aromatic heterocycles. The van der Waals surface area contributed by atoms with Crippen LogP contribution in [0.25, 0.3) is 0 Å². The van der Waals surface area contributed by atoms with Gasteiger partial charge in [-0.25, -0.2) is 0 Å². The largest absolute Gasteiger partial charge is 0.411 e. The second-order valence-corrected chi connectivity index (χ2v) is 8.24. The summed E-state index contributed by atoms with van der Waals surface area (Å²) >= 11 is 1.12. The monoisotopic (exact) mass is 446 g/mol. The molecule has 0 amide bonds. The van der Waals surface area contributed by atoms with Crippen LogP contribution in [-0.2, 0) is 12.8 Å². The number of nitriles is 2. The first-order valence-electron chi connectivity index (χ1n) is 8.98. The van der Waals surface area contributed by atoms with Gasteiger partial charge in [0.1, 0.15) is 23.0 Å². The third-order valence-electron chi connectivity index (χ3n) is 5.39. The van der Waals surface area contributed by atoms with Crippen LogP contribution in [0.3, 0.4) is 0 Å². The van der Waals surface area contributed by atoms with Crippen molar-refractivity contribution in [3.63, 3.8) is 0 Å². The molecule has 11 heteroatoms. The summed E-state index contributed by atoms with van der Waals surface area (Å²) in [5, 5.41) is 19.1. The molecule has 0 radical (unpaired) electrons. The first-order chi connectivity index (χ1) is 13.9. The Labute approximate surface area is 172 Å². The van der Waals surface area contributed by atoms with Crippen LogP contribution in [0.4, 0.5) is 31.3 Å². The topological polar surface area (TPSA) is 76.8 Å². The van der Waals surface area contributed by atoms with Gasteiger partial charge in [0.05, 0.1) is 11.1 Å². The zero-order valence-electron chi connectivity index (χ0n) is 15.7. The highest BCUT2D eigenvalue weighted by Crippen LogP contribution is 2.59. The second-order valence-electron chi connectivity index (χ2n) is 7.15. The van der Waals surface area contributed by atoms with Crippen LogP contribution in [0.2, 0.25) is 0 Å². The molecule has 2 aliphatic rings. The molecular weight excluding hydrogens is 430 g/mol. The van der Waals surface area contributed by atoms with Gasteiger partial charge in [0, 0.05) is 10.6 Å². The molecule has 0 spiro atoms. The third-order valence-corrected chi connectivity index (χ3v) is 6.67. The van der Waals surface area contributed by atoms with Crippen LogP contribution in [0, 0.1) is 28.1 Å². The number of hydrogen-bond acceptors (Lipinski definition) is 5. The van der Waals surface area contributed by atoms with Crippen LogP contribution < -0.4 is 10.6 Å². The number of allylic oxidation sites excluding steroid dienone is 3. The summed E-state index contributed by atoms with van der Waals surface area (Å²) in [5.41, 5.74) is 0.0864. The molecule has 30 heavy (non-hydrogen) atoms. The molecule has 2 N–H and O–H groups in total. The zero-order valence-corrected chi connectivity index (χ0v) is 16.5. The van der Waals surface area contributed by atoms with Gasteiger partial charge in [0.15, 0.2) is 0 Å². The maximum Gasteiger partial charge on any atom is 0.411 e. The fourth-order valence-electron chi connectivity index (χ4n) is 3.98. The van der Waals surface area contributed by atoms with Gasteiger partial charge in [-0.15, -0.1) is 11.3 Å². The Balaban J connectivity index is 2.28. The van der Waals surface area contributed by atoms with E-state index in [4.69, 9.17) is 5.73 Å². The molecule has 4 nitrogen and oxygen atoms in total. The predicted octanol–water partition coefficient (Wildman–Crippen LogP) is 5.42. The molecular formula is C19H16F6N4S. The molecule has 1 aliphatic heterocycles. The number of thiophene rings is 1. The molecule has 160 valence electrons. The van der Waals surface area contributed by atoms with Crippen LogP contribution in [0.1, 0.15) is 42.2 Å². The van der Waals surface area contributed by atoms with Crippen molar-refractivity contribution >= 4 is 16.3 Å². The van der Waals surface area contributed by atoms with Crippen molar-refractivity contribution in [2.75, 3.05) is 4.90 Å². The molecule has 0 saturated heterocycles. The number of aryl methyl sites for hydroxylation is 1. The molecule has 0 aromatic carbocycles. The van der Waals surface area contributed by atoms with Gasteiger partial charge >= 0.3 is 12.4 Å². The van der Waals surface area contributed by atoms with E-state index in [9.17, 15) is 36.9 Å². The van der Waals surface area contributed by atoms with E-state index in [0.29, 0.717) is 12.8 Å². The van der Waals surface area contributed by atoms with Crippen LogP contribution in [-0.4, -0.2) is 12.4 Å². The second kappa shape index (κ2) is 7.24. The quantitative estimate of drug-likeness (QED) is 0.462. The number of anilines is 1. The number of halogens is 6. The molecule has 1 aromatic rings. The summed E-state index contributed by atoms with van der Waals surface area (Å²) < 4.78 is 82.2. The van der Waals surface area contributed by atoms with Crippen LogP contribution >= 0.6 is 11.3 Å². The molecule has 3 rings (SSSR count). The maximum absolute atomic E-state index is 13.7. The highest BCUT2D eigenvalue weighted by Gasteiger charge is 2.73. The van der Waals surface area contributed by atoms with Crippen molar-refractivity contribution in [2.24, 2.45) is 11.1 Å². The lowest BCUT2D eigenvalue weighted by molar-refractivity contribution is -0.306. The van der Waals surface area contributed by atoms with Gasteiger partial charge in [-0.2, -0.15) is 36.9 Å². The Morgan fingerprint density at radius 2 is 1.63 bits per heavy atom. The number of rotatable bonds is 1. The van der Waals surface area contributed by atoms with Crippen LogP contribution in [0.5, 0.6) is 0 Å². The van der Waals surface area contributed by atoms with E-state index in [-0.39, 0.29) is 16.6 Å². The fourth-order valence-corrected chi connectivity index (χ4v) is 5.39. The van der Waals surface area contributed by atoms with E-state index < -0.39 is 34.9 Å². The summed E-state index contributed by atoms with van der Waals surface area (Å²) in [4.78, 5) is 1.83. The molecule has 0 bridgehead atoms. The lowest BCUT2D eigenvalue weighted by atomic mass is 9.76. The van der Waals surface area contributed by atoms with Gasteiger partial charge in [-0.3, -0.25) is 4.90 Å². The van der Waals surface area contributed by atoms with E-state index in [2.05, 4.69) is 0 Å². The van der Waals surface area contributed by atoms with Crippen LogP contribution in [0.15, 0.2) is 23.2 Å². The van der Waals surface area contributed by atoms with Crippen molar-refractivity contribution in [3.8, 4) is 12.1 Å². The Morgan fingerprint density at radius 3 is 2.17 bits per heavy atom. The molecule has 0 unspecified atom stereocenters. The van der Waals surface area contributed by atoms with Crippen molar-refractivity contribution < 1.29 is 26.3 Å². The fraction of sp³-hybridized carbons (Fsp3) is 0.474. The molecule has 0 fully saturated rings. The zero-order chi connectivity index (χ0) is 22.5. The van der Waals surface area contributed by atoms with Crippen molar-refractivity contribution in [1.29, 1.82) is 10.5 Å². The van der Waals surface area contributed by atoms with Gasteiger partial charge in [0.2, 0.25) is 5.41 Å². The first kappa shape index (κ1) is 22.0. The molecule has 0 saturated carbocycles. The predicted molar refractivity (Wildman–Crippen MR) is 97.9 cm³/mol. The van der Waals surface area contributed by atoms with E-state index >= 15 is 0 Å². The normalized spacial score (nSPS) is 19.5. The smallest absolute Gasteiger partial charge is 0.384 e. The third kappa shape index (κ3) is 3.03. The lowest BCUT2D eigenvalue weighted by Crippen LogP contribution is -2.54. The van der Waals surface area contributed by atoms with Gasteiger partial charge < -0.3 is 5.73 Å². The van der Waals surface area contributed by atoms with Gasteiger partial charge in [-0.1, -0.05) is 6.42 Å². The van der Waals surface area contributed by atoms with Gasteiger partial charge in [0.25, 0.3) is 0 Å². The van der Waals surface area contributed by atoms with E-state index in [1.165, 1.54) is 0 Å². The first-order valence-corrected chi connectivity index (χ1v) is 9.80. The number of fused-ring (bicyclic) bond motifs is 1. The minimum absolute atomic E-state index is 0.0198. The van der Waals surface area contributed by atoms with E-state index in [1.54, 1.807) is 0 Å². The Hall–Kier alpha value is -2.66. The standard InChI is InChI=1S/C19H16F6N4S/c1-10-7-17(18(20,21)22,19(23,24)25)13(9-27)15(28)29(10)16-12(8-26)11-5-3-2-4-6-14(11)30-16/h7H,2-6,28H2,1H3. The molecule has 1 aliphatic carbocycles. The summed E-state index contributed by atoms with van der Waals surface area (Å²) in [6.07, 6.45) is -7.78. The number of nitrogens with zero attached hydrogens (tertiary/aromatic N) is 3. The summed E-state index contributed by atoms with van der Waals surface area (Å²) in [6.45, 7) is 1.05. The summed E-state index contributed by atoms with van der Waals surface area (Å²) in [6, 6.07) is 3.06. The highest BCUT2D eigenvalue weighted by atomic mass is 32.1. The molecule has 2 heterocycles. The summed E-state index contributed by atoms with van der Waals surface area (Å²) in [5.74, 6) is -0.972.